The molecule has 7 nitrogen and oxygen atoms in total. The maximum atomic E-state index is 12.5. The smallest absolute Gasteiger partial charge is 0.235 e. The summed E-state index contributed by atoms with van der Waals surface area (Å²) in [4.78, 5) is 34.7. The highest BCUT2D eigenvalue weighted by atomic mass is 16.5. The second kappa shape index (κ2) is 9.12. The van der Waals surface area contributed by atoms with E-state index in [1.807, 2.05) is 18.2 Å². The number of aromatic nitrogens is 2. The third-order valence-electron chi connectivity index (χ3n) is 4.48. The Labute approximate surface area is 158 Å². The molecule has 0 bridgehead atoms. The molecule has 27 heavy (non-hydrogen) atoms. The van der Waals surface area contributed by atoms with Crippen molar-refractivity contribution in [1.29, 1.82) is 0 Å². The predicted octanol–water partition coefficient (Wildman–Crippen LogP) is 2.52. The van der Waals surface area contributed by atoms with E-state index >= 15 is 0 Å². The van der Waals surface area contributed by atoms with Gasteiger partial charge >= 0.3 is 0 Å². The van der Waals surface area contributed by atoms with Crippen molar-refractivity contribution < 1.29 is 19.1 Å². The Balaban J connectivity index is 1.51. The van der Waals surface area contributed by atoms with Crippen LogP contribution in [0.4, 0.5) is 0 Å². The average Bonchev–Trinajstić information content (AvgIpc) is 2.72. The molecular weight excluding hydrogens is 346 g/mol. The fourth-order valence-electron chi connectivity index (χ4n) is 3.06. The standard InChI is InChI=1S/C20H23N3O4/c1-26-18-12-21-13-19(22-18)27-16-8-5-11-23(14-16)20(25)10-9-17(24)15-6-3-2-4-7-15/h2-4,6-7,12-13,16H,5,8-11,14H2,1H3. The highest BCUT2D eigenvalue weighted by Crippen LogP contribution is 2.19. The quantitative estimate of drug-likeness (QED) is 0.698. The van der Waals surface area contributed by atoms with Crippen LogP contribution in [0.1, 0.15) is 36.0 Å². The van der Waals surface area contributed by atoms with Crippen molar-refractivity contribution in [2.75, 3.05) is 20.2 Å². The van der Waals surface area contributed by atoms with Gasteiger partial charge < -0.3 is 14.4 Å². The maximum absolute atomic E-state index is 12.5. The summed E-state index contributed by atoms with van der Waals surface area (Å²) in [5, 5.41) is 0. The first-order valence-corrected chi connectivity index (χ1v) is 9.04. The summed E-state index contributed by atoms with van der Waals surface area (Å²) in [6.45, 7) is 1.17. The van der Waals surface area contributed by atoms with E-state index in [0.29, 0.717) is 30.4 Å². The highest BCUT2D eigenvalue weighted by Gasteiger charge is 2.25. The summed E-state index contributed by atoms with van der Waals surface area (Å²) >= 11 is 0. The first kappa shape index (κ1) is 18.8. The first-order valence-electron chi connectivity index (χ1n) is 9.04. The van der Waals surface area contributed by atoms with E-state index in [0.717, 1.165) is 12.8 Å². The van der Waals surface area contributed by atoms with Gasteiger partial charge in [-0.25, -0.2) is 0 Å². The SMILES string of the molecule is COc1cncc(OC2CCCN(C(=O)CCC(=O)c3ccccc3)C2)n1. The van der Waals surface area contributed by atoms with Crippen molar-refractivity contribution in [3.05, 3.63) is 48.3 Å². The van der Waals surface area contributed by atoms with Crippen LogP contribution in [-0.4, -0.2) is 52.9 Å². The molecule has 1 aromatic carbocycles. The van der Waals surface area contributed by atoms with Crippen molar-refractivity contribution in [3.63, 3.8) is 0 Å². The van der Waals surface area contributed by atoms with Gasteiger partial charge in [0.1, 0.15) is 6.10 Å². The van der Waals surface area contributed by atoms with Gasteiger partial charge in [-0.05, 0) is 12.8 Å². The summed E-state index contributed by atoms with van der Waals surface area (Å²) < 4.78 is 10.9. The molecule has 1 aliphatic heterocycles. The predicted molar refractivity (Wildman–Crippen MR) is 98.8 cm³/mol. The summed E-state index contributed by atoms with van der Waals surface area (Å²) in [6.07, 6.45) is 5.00. The Morgan fingerprint density at radius 1 is 1.15 bits per heavy atom. The topological polar surface area (TPSA) is 81.6 Å². The molecule has 7 heteroatoms. The number of ether oxygens (including phenoxy) is 2. The van der Waals surface area contributed by atoms with Crippen LogP contribution >= 0.6 is 0 Å². The molecule has 1 saturated heterocycles. The van der Waals surface area contributed by atoms with Crippen molar-refractivity contribution in [1.82, 2.24) is 14.9 Å². The third-order valence-corrected chi connectivity index (χ3v) is 4.48. The van der Waals surface area contributed by atoms with Crippen LogP contribution in [-0.2, 0) is 4.79 Å². The minimum Gasteiger partial charge on any atom is -0.480 e. The molecule has 0 saturated carbocycles. The van der Waals surface area contributed by atoms with Crippen LogP contribution in [0.15, 0.2) is 42.7 Å². The molecule has 3 rings (SSSR count). The average molecular weight is 369 g/mol. The van der Waals surface area contributed by atoms with Gasteiger partial charge in [-0.1, -0.05) is 30.3 Å². The number of amides is 1. The van der Waals surface area contributed by atoms with E-state index < -0.39 is 0 Å². The number of ketones is 1. The second-order valence-electron chi connectivity index (χ2n) is 6.41. The number of Topliss-reactive ketones (excluding diaryl/α,β-unsaturated/α-hetero) is 1. The molecule has 1 amide bonds. The summed E-state index contributed by atoms with van der Waals surface area (Å²) in [5.41, 5.74) is 0.641. The second-order valence-corrected chi connectivity index (χ2v) is 6.41. The van der Waals surface area contributed by atoms with Gasteiger partial charge in [0.2, 0.25) is 17.7 Å². The maximum Gasteiger partial charge on any atom is 0.235 e. The van der Waals surface area contributed by atoms with Crippen LogP contribution in [0.3, 0.4) is 0 Å². The van der Waals surface area contributed by atoms with Crippen LogP contribution in [0.5, 0.6) is 11.8 Å². The van der Waals surface area contributed by atoms with Gasteiger partial charge in [-0.2, -0.15) is 4.98 Å². The third kappa shape index (κ3) is 5.26. The molecule has 1 aromatic heterocycles. The van der Waals surface area contributed by atoms with Crippen molar-refractivity contribution in [2.24, 2.45) is 0 Å². The Bertz CT molecular complexity index is 782. The molecule has 0 spiro atoms. The van der Waals surface area contributed by atoms with Gasteiger partial charge in [0.25, 0.3) is 0 Å². The van der Waals surface area contributed by atoms with Crippen LogP contribution in [0, 0.1) is 0 Å². The van der Waals surface area contributed by atoms with Gasteiger partial charge in [-0.3, -0.25) is 14.6 Å². The normalized spacial score (nSPS) is 16.6. The lowest BCUT2D eigenvalue weighted by Crippen LogP contribution is -2.44. The number of carbonyl (C=O) groups excluding carboxylic acids is 2. The van der Waals surface area contributed by atoms with E-state index in [1.54, 1.807) is 17.0 Å². The number of carbonyl (C=O) groups is 2. The largest absolute Gasteiger partial charge is 0.480 e. The van der Waals surface area contributed by atoms with Crippen LogP contribution in [0.2, 0.25) is 0 Å². The van der Waals surface area contributed by atoms with Crippen molar-refractivity contribution >= 4 is 11.7 Å². The zero-order valence-electron chi connectivity index (χ0n) is 15.3. The first-order chi connectivity index (χ1) is 13.2. The number of rotatable bonds is 7. The fourth-order valence-corrected chi connectivity index (χ4v) is 3.06. The van der Waals surface area contributed by atoms with Gasteiger partial charge in [-0.15, -0.1) is 0 Å². The monoisotopic (exact) mass is 369 g/mol. The lowest BCUT2D eigenvalue weighted by Gasteiger charge is -2.32. The molecule has 1 unspecified atom stereocenters. The lowest BCUT2D eigenvalue weighted by atomic mass is 10.0. The Hall–Kier alpha value is -2.96. The number of hydrogen-bond acceptors (Lipinski definition) is 6. The Morgan fingerprint density at radius 3 is 2.70 bits per heavy atom. The van der Waals surface area contributed by atoms with Gasteiger partial charge in [0.15, 0.2) is 5.78 Å². The number of nitrogens with zero attached hydrogens (tertiary/aromatic N) is 3. The minimum absolute atomic E-state index is 0.0135. The van der Waals surface area contributed by atoms with Crippen LogP contribution < -0.4 is 9.47 Å². The van der Waals surface area contributed by atoms with Crippen LogP contribution in [0.25, 0.3) is 0 Å². The van der Waals surface area contributed by atoms with E-state index in [2.05, 4.69) is 9.97 Å². The molecule has 142 valence electrons. The highest BCUT2D eigenvalue weighted by molar-refractivity contribution is 5.97. The molecular formula is C20H23N3O4. The van der Waals surface area contributed by atoms with Crippen molar-refractivity contribution in [2.45, 2.75) is 31.8 Å². The molecule has 0 aliphatic carbocycles. The Kier molecular flexibility index (Phi) is 6.35. The van der Waals surface area contributed by atoms with E-state index in [1.165, 1.54) is 19.5 Å². The molecule has 1 fully saturated rings. The van der Waals surface area contributed by atoms with Gasteiger partial charge in [0.05, 0.1) is 26.0 Å². The van der Waals surface area contributed by atoms with Crippen molar-refractivity contribution in [3.8, 4) is 11.8 Å². The Morgan fingerprint density at radius 2 is 1.93 bits per heavy atom. The zero-order valence-corrected chi connectivity index (χ0v) is 15.3. The number of piperidine rings is 1. The number of likely N-dealkylation sites (tertiary alicyclic amines) is 1. The van der Waals surface area contributed by atoms with E-state index in [-0.39, 0.29) is 30.6 Å². The van der Waals surface area contributed by atoms with E-state index in [4.69, 9.17) is 9.47 Å². The summed E-state index contributed by atoms with van der Waals surface area (Å²) in [7, 11) is 1.52. The van der Waals surface area contributed by atoms with Gasteiger partial charge in [0, 0.05) is 24.9 Å². The van der Waals surface area contributed by atoms with E-state index in [9.17, 15) is 9.59 Å². The number of hydrogen-bond donors (Lipinski definition) is 0. The number of benzene rings is 1. The summed E-state index contributed by atoms with van der Waals surface area (Å²) in [5.74, 6) is 0.730. The molecule has 2 aromatic rings. The zero-order chi connectivity index (χ0) is 19.1. The molecule has 1 atom stereocenters. The number of methoxy groups -OCH3 is 1. The fraction of sp³-hybridized carbons (Fsp3) is 0.400. The molecule has 2 heterocycles. The lowest BCUT2D eigenvalue weighted by molar-refractivity contribution is -0.133. The molecule has 1 aliphatic rings. The minimum atomic E-state index is -0.145. The molecule has 0 N–H and O–H groups in total. The summed E-state index contributed by atoms with van der Waals surface area (Å²) in [6, 6.07) is 9.05. The molecule has 0 radical (unpaired) electrons.